The predicted molar refractivity (Wildman–Crippen MR) is 516 cm³/mol. The molecule has 0 aliphatic carbocycles. The fourth-order valence-corrected chi connectivity index (χ4v) is 24.4. The number of phenolic OH excluding ortho intramolecular Hbond substituents is 3. The number of hydrogen-bond acceptors (Lipinski definition) is 22. The Balaban J connectivity index is 0.000000148. The summed E-state index contributed by atoms with van der Waals surface area (Å²) in [5, 5.41) is 31.7. The Bertz CT molecular complexity index is 7370. The van der Waals surface area contributed by atoms with Gasteiger partial charge in [-0.05, 0) is 155 Å². The highest BCUT2D eigenvalue weighted by Gasteiger charge is 2.48. The third-order valence-electron chi connectivity index (χ3n) is 25.8. The van der Waals surface area contributed by atoms with Crippen molar-refractivity contribution in [3.05, 3.63) is 245 Å². The molecular formula is C98H95Cl3F6N16O11S2. The van der Waals surface area contributed by atoms with E-state index in [0.717, 1.165) is 34.9 Å². The molecule has 3 amide bonds. The number of anilines is 4. The van der Waals surface area contributed by atoms with Gasteiger partial charge in [-0.25, -0.2) is 49.1 Å². The molecule has 12 heterocycles. The SMILES string of the molecule is C=CC(=O)N1CC(C)N2c3nc(=O)n(-c4c(C)ccnc4C(C)C)c4c(F)c(-c5c(O)cccc5F)c(Cl)c(c34)N(C)CCC2C1.C=CC(=O)N1CC(C)N2c3nc(=O)n(-c4c(C)ccnc4C(C)C)c4c(F)c(-c5c(O)cccc5F)c(Cl)c(c34)S(=O)(=O)CC2C1.C=CC(=O)N1CC(C)N2c3nc(=O)n(-c4c(C)ccnc4C(C)C)c4c(F)c(-c5c(O)cccc5F)c(Cl)c(c34)SCC2C1. The Morgan fingerprint density at radius 1 is 0.463 bits per heavy atom. The Morgan fingerprint density at radius 2 is 0.801 bits per heavy atom. The number of amides is 3. The molecule has 0 spiro atoms. The zero-order chi connectivity index (χ0) is 98.2. The first-order valence-electron chi connectivity index (χ1n) is 43.9. The summed E-state index contributed by atoms with van der Waals surface area (Å²) in [7, 11) is -2.68. The molecule has 3 saturated heterocycles. The maximum absolute atomic E-state index is 17.5. The molecule has 12 aromatic rings. The average Bonchev–Trinajstić information content (AvgIpc) is 1.14. The fourth-order valence-electron chi connectivity index (χ4n) is 20.0. The summed E-state index contributed by atoms with van der Waals surface area (Å²) in [6.07, 6.45) is 9.02. The second-order valence-electron chi connectivity index (χ2n) is 35.7. The van der Waals surface area contributed by atoms with E-state index in [-0.39, 0.29) is 133 Å². The van der Waals surface area contributed by atoms with Crippen LogP contribution in [-0.2, 0) is 24.2 Å². The number of halogens is 9. The molecule has 38 heteroatoms. The molecule has 3 N–H and O–H groups in total. The van der Waals surface area contributed by atoms with Gasteiger partial charge in [0.2, 0.25) is 17.7 Å². The van der Waals surface area contributed by atoms with E-state index in [1.165, 1.54) is 68.3 Å². The van der Waals surface area contributed by atoms with Crippen LogP contribution in [0.25, 0.3) is 83.2 Å². The van der Waals surface area contributed by atoms with Gasteiger partial charge in [-0.3, -0.25) is 43.0 Å². The van der Waals surface area contributed by atoms with Crippen molar-refractivity contribution in [2.45, 2.75) is 153 Å². The Labute approximate surface area is 797 Å². The number of aromatic nitrogens is 9. The third kappa shape index (κ3) is 16.1. The van der Waals surface area contributed by atoms with Crippen LogP contribution in [0.2, 0.25) is 15.1 Å². The van der Waals surface area contributed by atoms with E-state index in [1.54, 1.807) is 86.2 Å². The van der Waals surface area contributed by atoms with Crippen molar-refractivity contribution in [2.24, 2.45) is 0 Å². The van der Waals surface area contributed by atoms with Crippen LogP contribution in [0, 0.1) is 55.7 Å². The molecule has 0 saturated carbocycles. The summed E-state index contributed by atoms with van der Waals surface area (Å²) in [5.41, 5.74) is -1.55. The monoisotopic (exact) mass is 1950 g/mol. The third-order valence-corrected chi connectivity index (χ3v) is 30.3. The van der Waals surface area contributed by atoms with Crippen LogP contribution >= 0.6 is 46.6 Å². The predicted octanol–water partition coefficient (Wildman–Crippen LogP) is 17.1. The molecule has 6 aromatic heterocycles. The van der Waals surface area contributed by atoms with E-state index in [4.69, 9.17) is 34.8 Å². The number of thioether (sulfide) groups is 1. The molecule has 3 fully saturated rings. The molecule has 6 aromatic carbocycles. The van der Waals surface area contributed by atoms with Gasteiger partial charge in [-0.1, -0.05) is 114 Å². The molecule has 0 bridgehead atoms. The molecule has 136 heavy (non-hydrogen) atoms. The number of carbonyl (C=O) groups is 3. The van der Waals surface area contributed by atoms with Gasteiger partial charge in [0, 0.05) is 117 Å². The molecule has 6 aliphatic heterocycles. The van der Waals surface area contributed by atoms with Gasteiger partial charge >= 0.3 is 17.1 Å². The van der Waals surface area contributed by atoms with Gasteiger partial charge in [0.15, 0.2) is 27.3 Å². The molecule has 6 atom stereocenters. The Kier molecular flexibility index (Phi) is 26.2. The molecular weight excluding hydrogens is 1860 g/mol. The normalized spacial score (nSPS) is 18.3. The van der Waals surface area contributed by atoms with Gasteiger partial charge in [-0.2, -0.15) is 15.0 Å². The molecule has 708 valence electrons. The van der Waals surface area contributed by atoms with Crippen molar-refractivity contribution in [3.63, 3.8) is 0 Å². The first kappa shape index (κ1) is 96.3. The summed E-state index contributed by atoms with van der Waals surface area (Å²) in [5.74, 6) is -8.91. The largest absolute Gasteiger partial charge is 0.507 e. The van der Waals surface area contributed by atoms with Crippen LogP contribution in [0.1, 0.15) is 120 Å². The van der Waals surface area contributed by atoms with Crippen molar-refractivity contribution in [1.82, 2.24) is 58.3 Å². The first-order chi connectivity index (χ1) is 64.5. The van der Waals surface area contributed by atoms with Crippen molar-refractivity contribution in [2.75, 3.05) is 84.0 Å². The number of fused-ring (bicyclic) bond motifs is 6. The number of carbonyl (C=O) groups excluding carboxylic acids is 3. The number of benzene rings is 6. The maximum atomic E-state index is 17.5. The zero-order valence-corrected chi connectivity index (χ0v) is 80.2. The first-order valence-corrected chi connectivity index (χ1v) is 47.7. The lowest BCUT2D eigenvalue weighted by Gasteiger charge is -2.48. The lowest BCUT2D eigenvalue weighted by Crippen LogP contribution is -2.61. The fraction of sp³-hybridized carbons (Fsp3) is 0.327. The minimum absolute atomic E-state index is 0.0606. The number of hydrogen-bond donors (Lipinski definition) is 3. The van der Waals surface area contributed by atoms with Crippen LogP contribution in [-0.4, -0.2) is 200 Å². The standard InChI is InChI=1S/C34H35ClF2N6O3.C32H30ClF2N5O5S.C32H30ClF2N5O3S/c1-7-23(45)41-15-19(5)42-20(16-41)12-14-40(6)31-26-32(28(37)25(27(31)35)24-21(36)9-8-10-22(24)44)43(34(46)39-33(26)42)30-18(4)11-13-38-29(30)17(2)3;1-6-21(42)38-12-17(5)39-18(13-38)14-46(44,45)30-24-29(26(35)23(25(30)33)22-19(34)8-7-9-20(22)41)40(32(43)37-31(24)39)28-16(4)10-11-36-27(28)15(2)3;1-6-21(42)38-12-17(5)39-18(13-38)14-44-30-24-29(26(35)23(25(30)33)22-19(34)8-7-9-20(22)41)40(32(43)37-31(24)39)28-16(4)10-11-36-27(28)15(2)3/h7-11,13,17,19-20,44H,1,12,14-16H2,2-6H3;6-11,15,17-18,41H,1,12-14H2,2-5H3;6-11,15,17-18,41H,1,12-14H2,2-5H3. The number of aromatic hydroxyl groups is 3. The summed E-state index contributed by atoms with van der Waals surface area (Å²) in [6, 6.07) is 13.1. The van der Waals surface area contributed by atoms with E-state index in [9.17, 15) is 52.5 Å². The number of rotatable bonds is 12. The minimum Gasteiger partial charge on any atom is -0.507 e. The maximum Gasteiger partial charge on any atom is 0.354 e. The van der Waals surface area contributed by atoms with E-state index >= 15 is 26.3 Å². The Morgan fingerprint density at radius 3 is 1.19 bits per heavy atom. The van der Waals surface area contributed by atoms with Crippen LogP contribution in [0.3, 0.4) is 0 Å². The van der Waals surface area contributed by atoms with Crippen LogP contribution in [0.4, 0.5) is 49.5 Å². The zero-order valence-electron chi connectivity index (χ0n) is 76.3. The number of pyridine rings is 3. The lowest BCUT2D eigenvalue weighted by atomic mass is 9.95. The van der Waals surface area contributed by atoms with Crippen molar-refractivity contribution in [3.8, 4) is 67.7 Å². The van der Waals surface area contributed by atoms with Crippen molar-refractivity contribution in [1.29, 1.82) is 0 Å². The molecule has 6 aliphatic rings. The van der Waals surface area contributed by atoms with Crippen molar-refractivity contribution < 1.29 is 64.5 Å². The van der Waals surface area contributed by atoms with Crippen LogP contribution < -0.4 is 36.7 Å². The van der Waals surface area contributed by atoms with E-state index in [1.807, 2.05) is 70.1 Å². The number of sulfone groups is 1. The highest BCUT2D eigenvalue weighted by Crippen LogP contribution is 2.56. The second-order valence-corrected chi connectivity index (χ2v) is 39.8. The number of phenols is 3. The topological polar surface area (TPSA) is 312 Å². The van der Waals surface area contributed by atoms with Gasteiger partial charge in [0.25, 0.3) is 0 Å². The summed E-state index contributed by atoms with van der Waals surface area (Å²) in [4.78, 5) is 120. The van der Waals surface area contributed by atoms with Crippen LogP contribution in [0.15, 0.2) is 154 Å². The van der Waals surface area contributed by atoms with Gasteiger partial charge in [0.1, 0.15) is 57.7 Å². The molecule has 27 nitrogen and oxygen atoms in total. The van der Waals surface area contributed by atoms with Gasteiger partial charge in [-0.15, -0.1) is 11.8 Å². The average molecular weight is 1960 g/mol. The van der Waals surface area contributed by atoms with Gasteiger partial charge < -0.3 is 49.6 Å². The number of piperazine rings is 3. The minimum atomic E-state index is -4.47. The molecule has 0 radical (unpaired) electrons. The van der Waals surface area contributed by atoms with E-state index < -0.39 is 140 Å². The Hall–Kier alpha value is -12.8. The second kappa shape index (κ2) is 37.0. The van der Waals surface area contributed by atoms with Crippen LogP contribution in [0.5, 0.6) is 17.2 Å². The highest BCUT2D eigenvalue weighted by molar-refractivity contribution is 7.99. The summed E-state index contributed by atoms with van der Waals surface area (Å²) in [6.45, 7) is 34.8. The smallest absolute Gasteiger partial charge is 0.354 e. The molecule has 6 unspecified atom stereocenters. The quantitative estimate of drug-likeness (QED) is 0.0581. The van der Waals surface area contributed by atoms with E-state index in [2.05, 4.69) is 49.6 Å². The molecule has 18 rings (SSSR count). The van der Waals surface area contributed by atoms with Crippen molar-refractivity contribution >= 4 is 130 Å². The van der Waals surface area contributed by atoms with Gasteiger partial charge in [0.05, 0.1) is 128 Å². The summed E-state index contributed by atoms with van der Waals surface area (Å²) >= 11 is 22.2. The number of nitrogens with zero attached hydrogens (tertiary/aromatic N) is 16. The highest BCUT2D eigenvalue weighted by atomic mass is 35.5. The summed E-state index contributed by atoms with van der Waals surface area (Å²) < 4.78 is 131. The lowest BCUT2D eigenvalue weighted by molar-refractivity contribution is -0.128. The van der Waals surface area contributed by atoms with E-state index in [0.29, 0.717) is 106 Å². The number of aryl methyl sites for hydroxylation is 3.